The number of hydrogen-bond donors (Lipinski definition) is 2. The fraction of sp³-hybridized carbons (Fsp3) is 0.895. The molecule has 2 rings (SSSR count). The molecule has 0 aromatic heterocycles. The molecule has 7 heteroatoms. The van der Waals surface area contributed by atoms with Crippen molar-refractivity contribution in [3.8, 4) is 0 Å². The summed E-state index contributed by atoms with van der Waals surface area (Å²) in [5, 5.41) is 3.35. The number of piperidine rings is 1. The Bertz CT molecular complexity index is 453. The lowest BCUT2D eigenvalue weighted by Gasteiger charge is -2.30. The van der Waals surface area contributed by atoms with Gasteiger partial charge in [-0.15, -0.1) is 0 Å². The van der Waals surface area contributed by atoms with Crippen LogP contribution in [0.1, 0.15) is 39.0 Å². The van der Waals surface area contributed by atoms with E-state index in [4.69, 9.17) is 15.5 Å². The molecule has 0 spiro atoms. The van der Waals surface area contributed by atoms with Crippen LogP contribution in [0.25, 0.3) is 0 Å². The summed E-state index contributed by atoms with van der Waals surface area (Å²) in [6.45, 7) is 9.08. The third-order valence-electron chi connectivity index (χ3n) is 5.12. The third kappa shape index (κ3) is 7.91. The van der Waals surface area contributed by atoms with E-state index in [1.54, 1.807) is 0 Å². The first-order valence-corrected chi connectivity index (χ1v) is 10.2. The topological polar surface area (TPSA) is 83.2 Å². The van der Waals surface area contributed by atoms with Gasteiger partial charge in [0.2, 0.25) is 5.91 Å². The van der Waals surface area contributed by atoms with Gasteiger partial charge in [-0.1, -0.05) is 0 Å². The Balaban J connectivity index is 1.65. The summed E-state index contributed by atoms with van der Waals surface area (Å²) in [6.07, 6.45) is 5.64. The van der Waals surface area contributed by atoms with Crippen LogP contribution < -0.4 is 11.1 Å². The molecule has 2 fully saturated rings. The van der Waals surface area contributed by atoms with Crippen LogP contribution in [0, 0.1) is 11.8 Å². The van der Waals surface area contributed by atoms with Gasteiger partial charge in [0.15, 0.2) is 5.96 Å². The molecule has 1 saturated carbocycles. The number of guanidine groups is 1. The van der Waals surface area contributed by atoms with Gasteiger partial charge in [-0.3, -0.25) is 9.79 Å². The minimum Gasteiger partial charge on any atom is -0.379 e. The highest BCUT2D eigenvalue weighted by atomic mass is 16.5. The Hall–Kier alpha value is -1.34. The molecule has 0 aromatic carbocycles. The van der Waals surface area contributed by atoms with Crippen molar-refractivity contribution in [2.24, 2.45) is 22.6 Å². The molecular formula is C19H37N5O2. The van der Waals surface area contributed by atoms with Gasteiger partial charge >= 0.3 is 0 Å². The van der Waals surface area contributed by atoms with Gasteiger partial charge in [0.25, 0.3) is 0 Å². The summed E-state index contributed by atoms with van der Waals surface area (Å²) in [5.41, 5.74) is 5.45. The van der Waals surface area contributed by atoms with Crippen LogP contribution in [0.5, 0.6) is 0 Å². The normalized spacial score (nSPS) is 21.6. The van der Waals surface area contributed by atoms with Gasteiger partial charge in [-0.2, -0.15) is 0 Å². The second kappa shape index (κ2) is 11.4. The number of hydrogen-bond acceptors (Lipinski definition) is 4. The highest BCUT2D eigenvalue weighted by Crippen LogP contribution is 2.28. The number of nitrogens with zero attached hydrogens (tertiary/aromatic N) is 3. The second-order valence-corrected chi connectivity index (χ2v) is 7.57. The van der Waals surface area contributed by atoms with Crippen molar-refractivity contribution < 1.29 is 9.53 Å². The Labute approximate surface area is 158 Å². The first-order valence-electron chi connectivity index (χ1n) is 10.2. The maximum absolute atomic E-state index is 11.4. The number of nitrogens with one attached hydrogen (secondary N) is 1. The van der Waals surface area contributed by atoms with E-state index in [2.05, 4.69) is 29.1 Å². The number of amides is 1. The number of carbonyl (C=O) groups excluding carboxylic acids is 1. The van der Waals surface area contributed by atoms with Crippen LogP contribution in [0.3, 0.4) is 0 Å². The van der Waals surface area contributed by atoms with Crippen molar-refractivity contribution in [3.63, 3.8) is 0 Å². The molecule has 3 N–H and O–H groups in total. The molecule has 150 valence electrons. The monoisotopic (exact) mass is 367 g/mol. The lowest BCUT2D eigenvalue weighted by molar-refractivity contribution is -0.123. The molecule has 1 saturated heterocycles. The standard InChI is InChI=1S/C19H37N5O2/c1-3-21-19(23(2)12-13-26-15-16-7-8-16)22-9-5-11-24-10-4-6-17(14-24)18(20)25/h16-17H,3-15H2,1-2H3,(H2,20,25)(H,21,22). The maximum atomic E-state index is 11.4. The molecular weight excluding hydrogens is 330 g/mol. The van der Waals surface area contributed by atoms with Crippen LogP contribution in [0.2, 0.25) is 0 Å². The molecule has 1 unspecified atom stereocenters. The summed E-state index contributed by atoms with van der Waals surface area (Å²) < 4.78 is 5.72. The summed E-state index contributed by atoms with van der Waals surface area (Å²) in [5.74, 6) is 1.61. The number of likely N-dealkylation sites (tertiary alicyclic amines) is 1. The molecule has 0 aromatic rings. The quantitative estimate of drug-likeness (QED) is 0.322. The Morgan fingerprint density at radius 1 is 1.38 bits per heavy atom. The number of aliphatic imine (C=N–C) groups is 1. The van der Waals surface area contributed by atoms with Crippen LogP contribution >= 0.6 is 0 Å². The van der Waals surface area contributed by atoms with E-state index in [9.17, 15) is 4.79 Å². The Morgan fingerprint density at radius 2 is 2.19 bits per heavy atom. The van der Waals surface area contributed by atoms with E-state index in [1.807, 2.05) is 0 Å². The predicted molar refractivity (Wildman–Crippen MR) is 105 cm³/mol. The molecule has 1 amide bonds. The minimum atomic E-state index is -0.160. The van der Waals surface area contributed by atoms with Gasteiger partial charge in [-0.25, -0.2) is 0 Å². The zero-order valence-electron chi connectivity index (χ0n) is 16.6. The zero-order valence-corrected chi connectivity index (χ0v) is 16.6. The van der Waals surface area contributed by atoms with E-state index < -0.39 is 0 Å². The molecule has 1 heterocycles. The summed E-state index contributed by atoms with van der Waals surface area (Å²) >= 11 is 0. The van der Waals surface area contributed by atoms with Crippen LogP contribution in [0.15, 0.2) is 4.99 Å². The minimum absolute atomic E-state index is 0.0198. The van der Waals surface area contributed by atoms with E-state index in [-0.39, 0.29) is 11.8 Å². The predicted octanol–water partition coefficient (Wildman–Crippen LogP) is 0.898. The number of rotatable bonds is 11. The number of primary amides is 1. The first-order chi connectivity index (χ1) is 12.6. The zero-order chi connectivity index (χ0) is 18.8. The molecule has 1 atom stereocenters. The van der Waals surface area contributed by atoms with Crippen molar-refractivity contribution in [1.82, 2.24) is 15.1 Å². The van der Waals surface area contributed by atoms with Crippen molar-refractivity contribution in [2.45, 2.75) is 39.0 Å². The highest BCUT2D eigenvalue weighted by molar-refractivity contribution is 5.79. The van der Waals surface area contributed by atoms with Gasteiger partial charge in [-0.05, 0) is 58.0 Å². The van der Waals surface area contributed by atoms with Crippen molar-refractivity contribution in [1.29, 1.82) is 0 Å². The molecule has 0 bridgehead atoms. The summed E-state index contributed by atoms with van der Waals surface area (Å²) in [7, 11) is 2.06. The lowest BCUT2D eigenvalue weighted by atomic mass is 9.97. The first kappa shape index (κ1) is 21.0. The van der Waals surface area contributed by atoms with Crippen LogP contribution in [-0.4, -0.2) is 81.2 Å². The van der Waals surface area contributed by atoms with Crippen molar-refractivity contribution in [2.75, 3.05) is 59.5 Å². The summed E-state index contributed by atoms with van der Waals surface area (Å²) in [6, 6.07) is 0. The van der Waals surface area contributed by atoms with Crippen LogP contribution in [-0.2, 0) is 9.53 Å². The van der Waals surface area contributed by atoms with Crippen molar-refractivity contribution >= 4 is 11.9 Å². The van der Waals surface area contributed by atoms with Crippen molar-refractivity contribution in [3.05, 3.63) is 0 Å². The average Bonchev–Trinajstić information content (AvgIpc) is 3.45. The van der Waals surface area contributed by atoms with Crippen LogP contribution in [0.4, 0.5) is 0 Å². The van der Waals surface area contributed by atoms with Gasteiger partial charge in [0.05, 0.1) is 12.5 Å². The van der Waals surface area contributed by atoms with E-state index in [0.717, 1.165) is 83.6 Å². The molecule has 2 aliphatic rings. The third-order valence-corrected chi connectivity index (χ3v) is 5.12. The fourth-order valence-electron chi connectivity index (χ4n) is 3.28. The SMILES string of the molecule is CCNC(=NCCCN1CCCC(C(N)=O)C1)N(C)CCOCC1CC1. The number of carbonyl (C=O) groups is 1. The molecule has 1 aliphatic heterocycles. The number of likely N-dealkylation sites (N-methyl/N-ethyl adjacent to an activating group) is 1. The molecule has 1 aliphatic carbocycles. The maximum Gasteiger partial charge on any atom is 0.221 e. The smallest absolute Gasteiger partial charge is 0.221 e. The second-order valence-electron chi connectivity index (χ2n) is 7.57. The fourth-order valence-corrected chi connectivity index (χ4v) is 3.28. The number of ether oxygens (including phenoxy) is 1. The molecule has 7 nitrogen and oxygen atoms in total. The highest BCUT2D eigenvalue weighted by Gasteiger charge is 2.23. The van der Waals surface area contributed by atoms with E-state index >= 15 is 0 Å². The average molecular weight is 368 g/mol. The summed E-state index contributed by atoms with van der Waals surface area (Å²) in [4.78, 5) is 20.6. The van der Waals surface area contributed by atoms with Gasteiger partial charge in [0.1, 0.15) is 0 Å². The molecule has 26 heavy (non-hydrogen) atoms. The van der Waals surface area contributed by atoms with Gasteiger partial charge < -0.3 is 25.6 Å². The molecule has 0 radical (unpaired) electrons. The number of nitrogens with two attached hydrogens (primary N) is 1. The van der Waals surface area contributed by atoms with Gasteiger partial charge in [0, 0.05) is 39.8 Å². The lowest BCUT2D eigenvalue weighted by Crippen LogP contribution is -2.42. The Morgan fingerprint density at radius 3 is 2.88 bits per heavy atom. The largest absolute Gasteiger partial charge is 0.379 e. The Kier molecular flexibility index (Phi) is 9.18. The van der Waals surface area contributed by atoms with E-state index in [0.29, 0.717) is 0 Å². The van der Waals surface area contributed by atoms with E-state index in [1.165, 1.54) is 12.8 Å².